The lowest BCUT2D eigenvalue weighted by Crippen LogP contribution is -2.52. The van der Waals surface area contributed by atoms with Crippen LogP contribution in [0.4, 0.5) is 4.79 Å². The molecule has 0 aromatic heterocycles. The van der Waals surface area contributed by atoms with Crippen LogP contribution in [0.3, 0.4) is 0 Å². The number of hydrogen-bond acceptors (Lipinski definition) is 5. The van der Waals surface area contributed by atoms with Gasteiger partial charge in [-0.3, -0.25) is 19.7 Å². The summed E-state index contributed by atoms with van der Waals surface area (Å²) in [4.78, 5) is 52.3. The smallest absolute Gasteiger partial charge is 0.410 e. The number of fused-ring (bicyclic) bond motifs is 1. The van der Waals surface area contributed by atoms with Gasteiger partial charge in [-0.2, -0.15) is 0 Å². The molecule has 0 spiro atoms. The molecule has 4 amide bonds. The Morgan fingerprint density at radius 1 is 1.19 bits per heavy atom. The Hall–Kier alpha value is -3.16. The van der Waals surface area contributed by atoms with Crippen LogP contribution in [0.15, 0.2) is 29.8 Å². The number of carbonyl (C=O) groups excluding carboxylic acids is 4. The van der Waals surface area contributed by atoms with Crippen molar-refractivity contribution in [3.63, 3.8) is 0 Å². The molecule has 1 fully saturated rings. The summed E-state index contributed by atoms with van der Waals surface area (Å²) in [6.07, 6.45) is 3.78. The second-order valence-corrected chi connectivity index (χ2v) is 9.56. The normalized spacial score (nSPS) is 21.3. The number of piperidine rings is 1. The first-order chi connectivity index (χ1) is 15.1. The first-order valence-electron chi connectivity index (χ1n) is 11.0. The highest BCUT2D eigenvalue weighted by molar-refractivity contribution is 6.05. The van der Waals surface area contributed by atoms with Gasteiger partial charge in [-0.05, 0) is 57.2 Å². The molecule has 170 valence electrons. The Kier molecular flexibility index (Phi) is 5.79. The number of nitrogens with one attached hydrogen (secondary N) is 1. The number of carbonyl (C=O) groups is 4. The predicted molar refractivity (Wildman–Crippen MR) is 117 cm³/mol. The molecular formula is C24H29N3O5. The molecule has 1 aromatic carbocycles. The third-order valence-corrected chi connectivity index (χ3v) is 6.05. The Morgan fingerprint density at radius 2 is 1.97 bits per heavy atom. The Balaban J connectivity index is 1.45. The molecule has 4 rings (SSSR count). The molecule has 32 heavy (non-hydrogen) atoms. The molecule has 0 radical (unpaired) electrons. The van der Waals surface area contributed by atoms with Crippen molar-refractivity contribution in [2.24, 2.45) is 0 Å². The van der Waals surface area contributed by atoms with Crippen molar-refractivity contribution in [3.8, 4) is 0 Å². The van der Waals surface area contributed by atoms with E-state index in [-0.39, 0.29) is 24.3 Å². The summed E-state index contributed by atoms with van der Waals surface area (Å²) < 4.78 is 5.45. The molecule has 1 N–H and O–H groups in total. The SMILES string of the molecule is CC(C)(C)OC(=O)N1CC=C(Cc2cccc3c2CN(C2CCC(=O)NC2=O)C3=O)CC1. The number of amides is 4. The summed E-state index contributed by atoms with van der Waals surface area (Å²) >= 11 is 0. The first kappa shape index (κ1) is 22.0. The Labute approximate surface area is 187 Å². The average molecular weight is 440 g/mol. The van der Waals surface area contributed by atoms with E-state index in [1.54, 1.807) is 15.9 Å². The second kappa shape index (κ2) is 8.41. The van der Waals surface area contributed by atoms with E-state index in [1.165, 1.54) is 5.57 Å². The molecule has 8 heteroatoms. The van der Waals surface area contributed by atoms with Gasteiger partial charge in [-0.1, -0.05) is 23.8 Å². The molecule has 3 heterocycles. The van der Waals surface area contributed by atoms with Crippen molar-refractivity contribution in [3.05, 3.63) is 46.5 Å². The number of ether oxygens (including phenoxy) is 1. The van der Waals surface area contributed by atoms with Crippen molar-refractivity contribution in [2.75, 3.05) is 13.1 Å². The zero-order valence-electron chi connectivity index (χ0n) is 18.8. The topological polar surface area (TPSA) is 96.0 Å². The van der Waals surface area contributed by atoms with Crippen molar-refractivity contribution < 1.29 is 23.9 Å². The molecule has 8 nitrogen and oxygen atoms in total. The zero-order valence-corrected chi connectivity index (χ0v) is 18.8. The highest BCUT2D eigenvalue weighted by atomic mass is 16.6. The predicted octanol–water partition coefficient (Wildman–Crippen LogP) is 2.56. The lowest BCUT2D eigenvalue weighted by Gasteiger charge is -2.30. The van der Waals surface area contributed by atoms with Crippen molar-refractivity contribution in [1.29, 1.82) is 0 Å². The van der Waals surface area contributed by atoms with E-state index in [1.807, 2.05) is 32.9 Å². The number of rotatable bonds is 3. The molecule has 1 aromatic rings. The van der Waals surface area contributed by atoms with Crippen LogP contribution in [-0.2, 0) is 27.3 Å². The van der Waals surface area contributed by atoms with E-state index in [2.05, 4.69) is 11.4 Å². The van der Waals surface area contributed by atoms with Gasteiger partial charge in [0.25, 0.3) is 5.91 Å². The van der Waals surface area contributed by atoms with Crippen LogP contribution in [0.2, 0.25) is 0 Å². The van der Waals surface area contributed by atoms with Gasteiger partial charge in [0, 0.05) is 31.6 Å². The minimum atomic E-state index is -0.614. The fourth-order valence-electron chi connectivity index (χ4n) is 4.42. The third kappa shape index (κ3) is 4.54. The van der Waals surface area contributed by atoms with E-state index in [9.17, 15) is 19.2 Å². The van der Waals surface area contributed by atoms with Crippen LogP contribution in [0.5, 0.6) is 0 Å². The minimum absolute atomic E-state index is 0.162. The van der Waals surface area contributed by atoms with Gasteiger partial charge in [-0.15, -0.1) is 0 Å². The van der Waals surface area contributed by atoms with Gasteiger partial charge in [-0.25, -0.2) is 4.79 Å². The monoisotopic (exact) mass is 439 g/mol. The van der Waals surface area contributed by atoms with Crippen molar-refractivity contribution in [1.82, 2.24) is 15.1 Å². The lowest BCUT2D eigenvalue weighted by atomic mass is 9.94. The molecular weight excluding hydrogens is 410 g/mol. The summed E-state index contributed by atoms with van der Waals surface area (Å²) in [5.41, 5.74) is 3.32. The molecule has 1 atom stereocenters. The maximum atomic E-state index is 13.0. The molecule has 0 bridgehead atoms. The summed E-state index contributed by atoms with van der Waals surface area (Å²) in [6.45, 7) is 7.02. The highest BCUT2D eigenvalue weighted by Gasteiger charge is 2.39. The molecule has 0 aliphatic carbocycles. The fourth-order valence-corrected chi connectivity index (χ4v) is 4.42. The fraction of sp³-hybridized carbons (Fsp3) is 0.500. The Morgan fingerprint density at radius 3 is 2.62 bits per heavy atom. The van der Waals surface area contributed by atoms with Gasteiger partial charge in [0.1, 0.15) is 11.6 Å². The maximum absolute atomic E-state index is 13.0. The summed E-state index contributed by atoms with van der Waals surface area (Å²) in [7, 11) is 0. The lowest BCUT2D eigenvalue weighted by molar-refractivity contribution is -0.136. The van der Waals surface area contributed by atoms with Crippen LogP contribution in [0.1, 0.15) is 61.5 Å². The van der Waals surface area contributed by atoms with Crippen LogP contribution in [-0.4, -0.2) is 58.3 Å². The summed E-state index contributed by atoms with van der Waals surface area (Å²) in [6, 6.07) is 5.07. The number of nitrogens with zero attached hydrogens (tertiary/aromatic N) is 2. The van der Waals surface area contributed by atoms with Crippen LogP contribution in [0, 0.1) is 0 Å². The third-order valence-electron chi connectivity index (χ3n) is 6.05. The standard InChI is InChI=1S/C24H29N3O5/c1-24(2,3)32-23(31)26-11-9-15(10-12-26)13-16-5-4-6-17-18(16)14-27(22(17)30)19-7-8-20(28)25-21(19)29/h4-6,9,19H,7-8,10-14H2,1-3H3,(H,25,28,29). The van der Waals surface area contributed by atoms with Crippen LogP contribution < -0.4 is 5.32 Å². The van der Waals surface area contributed by atoms with E-state index in [0.29, 0.717) is 38.0 Å². The van der Waals surface area contributed by atoms with Crippen molar-refractivity contribution >= 4 is 23.8 Å². The molecule has 1 unspecified atom stereocenters. The number of hydrogen-bond donors (Lipinski definition) is 1. The van der Waals surface area contributed by atoms with E-state index in [0.717, 1.165) is 17.5 Å². The largest absolute Gasteiger partial charge is 0.444 e. The summed E-state index contributed by atoms with van der Waals surface area (Å²) in [5.74, 6) is -0.855. The van der Waals surface area contributed by atoms with E-state index in [4.69, 9.17) is 4.74 Å². The Bertz CT molecular complexity index is 1010. The van der Waals surface area contributed by atoms with E-state index < -0.39 is 17.6 Å². The molecule has 3 aliphatic rings. The molecule has 1 saturated heterocycles. The average Bonchev–Trinajstić information content (AvgIpc) is 3.05. The highest BCUT2D eigenvalue weighted by Crippen LogP contribution is 2.31. The van der Waals surface area contributed by atoms with E-state index >= 15 is 0 Å². The first-order valence-corrected chi connectivity index (χ1v) is 11.0. The van der Waals surface area contributed by atoms with Gasteiger partial charge < -0.3 is 14.5 Å². The maximum Gasteiger partial charge on any atom is 0.410 e. The van der Waals surface area contributed by atoms with Gasteiger partial charge in [0.2, 0.25) is 11.8 Å². The molecule has 3 aliphatic heterocycles. The molecule has 0 saturated carbocycles. The quantitative estimate of drug-likeness (QED) is 0.577. The van der Waals surface area contributed by atoms with Gasteiger partial charge in [0.15, 0.2) is 0 Å². The summed E-state index contributed by atoms with van der Waals surface area (Å²) in [5, 5.41) is 2.34. The number of imide groups is 1. The zero-order chi connectivity index (χ0) is 23.0. The second-order valence-electron chi connectivity index (χ2n) is 9.56. The van der Waals surface area contributed by atoms with Gasteiger partial charge in [0.05, 0.1) is 0 Å². The van der Waals surface area contributed by atoms with Crippen LogP contribution in [0.25, 0.3) is 0 Å². The van der Waals surface area contributed by atoms with Crippen molar-refractivity contribution in [2.45, 2.75) is 64.6 Å². The van der Waals surface area contributed by atoms with Gasteiger partial charge >= 0.3 is 6.09 Å². The minimum Gasteiger partial charge on any atom is -0.444 e. The number of benzene rings is 1. The van der Waals surface area contributed by atoms with Crippen LogP contribution >= 0.6 is 0 Å².